The second-order valence-corrected chi connectivity index (χ2v) is 3.96. The van der Waals surface area contributed by atoms with E-state index in [0.717, 1.165) is 5.56 Å². The van der Waals surface area contributed by atoms with Gasteiger partial charge in [-0.3, -0.25) is 0 Å². The highest BCUT2D eigenvalue weighted by atomic mass is 16.4. The molecule has 0 radical (unpaired) electrons. The molecule has 0 aliphatic rings. The zero-order valence-corrected chi connectivity index (χ0v) is 9.47. The first-order valence-corrected chi connectivity index (χ1v) is 5.37. The third-order valence-corrected chi connectivity index (χ3v) is 2.34. The first kappa shape index (κ1) is 12.5. The Kier molecular flexibility index (Phi) is 4.79. The van der Waals surface area contributed by atoms with Crippen molar-refractivity contribution in [3.63, 3.8) is 0 Å². The van der Waals surface area contributed by atoms with E-state index in [1.807, 2.05) is 37.3 Å². The summed E-state index contributed by atoms with van der Waals surface area (Å²) in [5.41, 5.74) is 6.61. The third-order valence-electron chi connectivity index (χ3n) is 2.34. The molecule has 0 spiro atoms. The van der Waals surface area contributed by atoms with Gasteiger partial charge in [-0.15, -0.1) is 0 Å². The second-order valence-electron chi connectivity index (χ2n) is 3.96. The summed E-state index contributed by atoms with van der Waals surface area (Å²) >= 11 is 0. The number of carboxylic acid groups (broad SMARTS) is 1. The van der Waals surface area contributed by atoms with E-state index in [4.69, 9.17) is 10.8 Å². The lowest BCUT2D eigenvalue weighted by atomic mass is 10.2. The number of hydrogen-bond acceptors (Lipinski definition) is 2. The number of nitrogens with zero attached hydrogens (tertiary/aromatic N) is 1. The molecule has 1 atom stereocenters. The van der Waals surface area contributed by atoms with E-state index in [1.54, 1.807) is 0 Å². The summed E-state index contributed by atoms with van der Waals surface area (Å²) in [5, 5.41) is 9.03. The van der Waals surface area contributed by atoms with Crippen LogP contribution in [0.15, 0.2) is 30.3 Å². The minimum absolute atomic E-state index is 0.0256. The van der Waals surface area contributed by atoms with Crippen LogP contribution < -0.4 is 5.73 Å². The highest BCUT2D eigenvalue weighted by Crippen LogP contribution is 2.05. The van der Waals surface area contributed by atoms with Crippen molar-refractivity contribution in [3.8, 4) is 0 Å². The normalized spacial score (nSPS) is 12.1. The summed E-state index contributed by atoms with van der Waals surface area (Å²) < 4.78 is 0. The summed E-state index contributed by atoms with van der Waals surface area (Å²) in [5.74, 6) is 0. The number of benzene rings is 1. The summed E-state index contributed by atoms with van der Waals surface area (Å²) in [7, 11) is 0. The van der Waals surface area contributed by atoms with Crippen molar-refractivity contribution in [3.05, 3.63) is 35.9 Å². The average Bonchev–Trinajstić information content (AvgIpc) is 2.25. The average molecular weight is 222 g/mol. The van der Waals surface area contributed by atoms with Gasteiger partial charge in [-0.1, -0.05) is 30.3 Å². The first-order chi connectivity index (χ1) is 7.59. The standard InChI is InChI=1S/C12H18N2O2/c1-10(13)7-8-14(12(15)16)9-11-5-3-2-4-6-11/h2-6,10H,7-9,13H2,1H3,(H,15,16). The Morgan fingerprint density at radius 2 is 2.06 bits per heavy atom. The Morgan fingerprint density at radius 1 is 1.44 bits per heavy atom. The molecule has 4 heteroatoms. The van der Waals surface area contributed by atoms with Crippen molar-refractivity contribution in [1.29, 1.82) is 0 Å². The van der Waals surface area contributed by atoms with E-state index < -0.39 is 6.09 Å². The lowest BCUT2D eigenvalue weighted by molar-refractivity contribution is 0.141. The van der Waals surface area contributed by atoms with Crippen LogP contribution in [0, 0.1) is 0 Å². The van der Waals surface area contributed by atoms with Crippen LogP contribution in [-0.2, 0) is 6.54 Å². The summed E-state index contributed by atoms with van der Waals surface area (Å²) in [6.45, 7) is 2.77. The number of nitrogens with two attached hydrogens (primary N) is 1. The van der Waals surface area contributed by atoms with E-state index in [2.05, 4.69) is 0 Å². The molecule has 0 saturated carbocycles. The van der Waals surface area contributed by atoms with Crippen LogP contribution in [0.4, 0.5) is 4.79 Å². The zero-order chi connectivity index (χ0) is 12.0. The molecular formula is C12H18N2O2. The molecular weight excluding hydrogens is 204 g/mol. The molecule has 88 valence electrons. The first-order valence-electron chi connectivity index (χ1n) is 5.37. The molecule has 3 N–H and O–H groups in total. The zero-order valence-electron chi connectivity index (χ0n) is 9.47. The fraction of sp³-hybridized carbons (Fsp3) is 0.417. The van der Waals surface area contributed by atoms with Crippen molar-refractivity contribution < 1.29 is 9.90 Å². The van der Waals surface area contributed by atoms with Gasteiger partial charge in [-0.05, 0) is 18.9 Å². The maximum atomic E-state index is 11.0. The van der Waals surface area contributed by atoms with Crippen molar-refractivity contribution in [1.82, 2.24) is 4.90 Å². The van der Waals surface area contributed by atoms with Gasteiger partial charge in [0.2, 0.25) is 0 Å². The molecule has 4 nitrogen and oxygen atoms in total. The largest absolute Gasteiger partial charge is 0.465 e. The lowest BCUT2D eigenvalue weighted by Gasteiger charge is -2.20. The molecule has 0 fully saturated rings. The topological polar surface area (TPSA) is 66.6 Å². The predicted octanol–water partition coefficient (Wildman–Crippen LogP) is 1.90. The Labute approximate surface area is 95.7 Å². The molecule has 0 heterocycles. The number of carbonyl (C=O) groups is 1. The Balaban J connectivity index is 2.55. The van der Waals surface area contributed by atoms with Crippen molar-refractivity contribution in [2.75, 3.05) is 6.54 Å². The minimum Gasteiger partial charge on any atom is -0.465 e. The van der Waals surface area contributed by atoms with E-state index >= 15 is 0 Å². The molecule has 0 aliphatic carbocycles. The van der Waals surface area contributed by atoms with Crippen LogP contribution in [0.2, 0.25) is 0 Å². The maximum absolute atomic E-state index is 11.0. The van der Waals surface area contributed by atoms with Crippen LogP contribution in [0.5, 0.6) is 0 Å². The number of amides is 1. The van der Waals surface area contributed by atoms with Gasteiger partial charge in [0.1, 0.15) is 0 Å². The van der Waals surface area contributed by atoms with E-state index in [1.165, 1.54) is 4.90 Å². The molecule has 0 saturated heterocycles. The van der Waals surface area contributed by atoms with Gasteiger partial charge < -0.3 is 15.7 Å². The van der Waals surface area contributed by atoms with E-state index in [-0.39, 0.29) is 6.04 Å². The van der Waals surface area contributed by atoms with Gasteiger partial charge >= 0.3 is 6.09 Å². The molecule has 1 unspecified atom stereocenters. The van der Waals surface area contributed by atoms with Gasteiger partial charge in [-0.2, -0.15) is 0 Å². The predicted molar refractivity (Wildman–Crippen MR) is 63.1 cm³/mol. The van der Waals surface area contributed by atoms with Gasteiger partial charge in [0.25, 0.3) is 0 Å². The molecule has 1 amide bonds. The number of hydrogen-bond donors (Lipinski definition) is 2. The Bertz CT molecular complexity index is 325. The highest BCUT2D eigenvalue weighted by molar-refractivity contribution is 5.64. The molecule has 1 aromatic carbocycles. The van der Waals surface area contributed by atoms with Crippen LogP contribution >= 0.6 is 0 Å². The SMILES string of the molecule is CC(N)CCN(Cc1ccccc1)C(=O)O. The van der Waals surface area contributed by atoms with E-state index in [0.29, 0.717) is 19.5 Å². The van der Waals surface area contributed by atoms with Crippen molar-refractivity contribution in [2.24, 2.45) is 5.73 Å². The molecule has 0 aromatic heterocycles. The molecule has 16 heavy (non-hydrogen) atoms. The number of rotatable bonds is 5. The summed E-state index contributed by atoms with van der Waals surface area (Å²) in [4.78, 5) is 12.4. The molecule has 1 rings (SSSR count). The second kappa shape index (κ2) is 6.12. The quantitative estimate of drug-likeness (QED) is 0.799. The maximum Gasteiger partial charge on any atom is 0.407 e. The molecule has 0 bridgehead atoms. The molecule has 0 aliphatic heterocycles. The van der Waals surface area contributed by atoms with E-state index in [9.17, 15) is 4.79 Å². The van der Waals surface area contributed by atoms with Crippen LogP contribution in [0.25, 0.3) is 0 Å². The van der Waals surface area contributed by atoms with Gasteiger partial charge in [0, 0.05) is 19.1 Å². The van der Waals surface area contributed by atoms with Gasteiger partial charge in [-0.25, -0.2) is 4.79 Å². The minimum atomic E-state index is -0.899. The monoisotopic (exact) mass is 222 g/mol. The highest BCUT2D eigenvalue weighted by Gasteiger charge is 2.12. The summed E-state index contributed by atoms with van der Waals surface area (Å²) in [6, 6.07) is 9.58. The van der Waals surface area contributed by atoms with Gasteiger partial charge in [0.05, 0.1) is 0 Å². The van der Waals surface area contributed by atoms with Crippen molar-refractivity contribution in [2.45, 2.75) is 25.9 Å². The lowest BCUT2D eigenvalue weighted by Crippen LogP contribution is -2.33. The third kappa shape index (κ3) is 4.31. The van der Waals surface area contributed by atoms with Crippen LogP contribution in [0.1, 0.15) is 18.9 Å². The Hall–Kier alpha value is -1.55. The molecule has 1 aromatic rings. The Morgan fingerprint density at radius 3 is 2.56 bits per heavy atom. The smallest absolute Gasteiger partial charge is 0.407 e. The van der Waals surface area contributed by atoms with Gasteiger partial charge in [0.15, 0.2) is 0 Å². The van der Waals surface area contributed by atoms with Crippen molar-refractivity contribution >= 4 is 6.09 Å². The van der Waals surface area contributed by atoms with Crippen LogP contribution in [0.3, 0.4) is 0 Å². The fourth-order valence-corrected chi connectivity index (χ4v) is 1.41. The van der Waals surface area contributed by atoms with Crippen LogP contribution in [-0.4, -0.2) is 28.7 Å². The fourth-order valence-electron chi connectivity index (χ4n) is 1.41. The summed E-state index contributed by atoms with van der Waals surface area (Å²) in [6.07, 6.45) is -0.219.